The minimum absolute atomic E-state index is 0.130. The summed E-state index contributed by atoms with van der Waals surface area (Å²) in [5, 5.41) is 0.399. The van der Waals surface area contributed by atoms with Gasteiger partial charge in [-0.2, -0.15) is 0 Å². The molecule has 0 spiro atoms. The predicted octanol–water partition coefficient (Wildman–Crippen LogP) is 2.41. The quantitative estimate of drug-likeness (QED) is 0.394. The molecule has 1 rings (SSSR count). The molecule has 2 N–H and O–H groups in total. The molecule has 0 heterocycles. The Morgan fingerprint density at radius 1 is 1.32 bits per heavy atom. The molecular weight excluding hydrogens is 330 g/mol. The molecule has 4 nitrogen and oxygen atoms in total. The first-order valence-corrected chi connectivity index (χ1v) is 7.07. The minimum atomic E-state index is -0.609. The van der Waals surface area contributed by atoms with E-state index in [1.54, 1.807) is 6.92 Å². The fourth-order valence-corrected chi connectivity index (χ4v) is 1.40. The van der Waals surface area contributed by atoms with Gasteiger partial charge in [0, 0.05) is 5.56 Å². The normalized spacial score (nSPS) is 9.00. The van der Waals surface area contributed by atoms with Crippen LogP contribution in [0.5, 0.6) is 0 Å². The molecule has 0 radical (unpaired) electrons. The molecule has 0 fully saturated rings. The zero-order valence-electron chi connectivity index (χ0n) is 10.8. The summed E-state index contributed by atoms with van der Waals surface area (Å²) in [4.78, 5) is 21.1. The second kappa shape index (κ2) is 9.63. The summed E-state index contributed by atoms with van der Waals surface area (Å²) < 4.78 is 4.40. The zero-order chi connectivity index (χ0) is 14.8. The van der Waals surface area contributed by atoms with Gasteiger partial charge in [-0.3, -0.25) is 4.79 Å². The number of hydrogen-bond donors (Lipinski definition) is 1. The van der Waals surface area contributed by atoms with Crippen LogP contribution in [0.15, 0.2) is 24.3 Å². The molecule has 1 aromatic carbocycles. The number of halogens is 1. The van der Waals surface area contributed by atoms with Crippen molar-refractivity contribution in [1.29, 1.82) is 0 Å². The van der Waals surface area contributed by atoms with Crippen molar-refractivity contribution in [1.82, 2.24) is 0 Å². The number of nitrogens with two attached hydrogens (primary N) is 1. The lowest BCUT2D eigenvalue weighted by atomic mass is 10.1. The van der Waals surface area contributed by atoms with Crippen LogP contribution in [0.25, 0.3) is 0 Å². The predicted molar refractivity (Wildman–Crippen MR) is 82.7 cm³/mol. The van der Waals surface area contributed by atoms with Gasteiger partial charge >= 0.3 is 5.97 Å². The summed E-state index contributed by atoms with van der Waals surface area (Å²) in [6.07, 6.45) is 0. The van der Waals surface area contributed by atoms with E-state index < -0.39 is 5.97 Å². The number of carbonyl (C=O) groups excluding carboxylic acids is 2. The van der Waals surface area contributed by atoms with Crippen LogP contribution in [0.2, 0.25) is 0 Å². The van der Waals surface area contributed by atoms with Gasteiger partial charge in [0.25, 0.3) is 0 Å². The summed E-state index contributed by atoms with van der Waals surface area (Å²) in [5.41, 5.74) is 6.83. The lowest BCUT2D eigenvalue weighted by Crippen LogP contribution is -2.23. The fourth-order valence-electron chi connectivity index (χ4n) is 1.02. The molecule has 0 saturated heterocycles. The lowest BCUT2D eigenvalue weighted by Gasteiger charge is -1.96. The van der Waals surface area contributed by atoms with Crippen molar-refractivity contribution in [2.24, 2.45) is 5.73 Å². The van der Waals surface area contributed by atoms with E-state index in [-0.39, 0.29) is 10.8 Å². The van der Waals surface area contributed by atoms with E-state index in [1.807, 2.05) is 31.2 Å². The van der Waals surface area contributed by atoms with Crippen LogP contribution in [-0.4, -0.2) is 28.7 Å². The highest BCUT2D eigenvalue weighted by Crippen LogP contribution is 2.04. The summed E-state index contributed by atoms with van der Waals surface area (Å²) in [5.74, 6) is -0.479. The van der Waals surface area contributed by atoms with Gasteiger partial charge in [-0.15, -0.1) is 0 Å². The highest BCUT2D eigenvalue weighted by atomic mass is 79.9. The summed E-state index contributed by atoms with van der Waals surface area (Å²) in [6.45, 7) is 4.01. The van der Waals surface area contributed by atoms with E-state index in [2.05, 4.69) is 32.9 Å². The molecule has 0 saturated carbocycles. The van der Waals surface area contributed by atoms with Crippen LogP contribution < -0.4 is 5.73 Å². The first-order chi connectivity index (χ1) is 8.92. The van der Waals surface area contributed by atoms with Crippen LogP contribution in [0, 0.1) is 6.92 Å². The number of esters is 1. The van der Waals surface area contributed by atoms with Crippen molar-refractivity contribution in [2.45, 2.75) is 13.8 Å². The fraction of sp³-hybridized carbons (Fsp3) is 0.308. The molecule has 0 atom stereocenters. The highest BCUT2D eigenvalue weighted by Gasteiger charge is 2.02. The Morgan fingerprint density at radius 3 is 2.16 bits per heavy atom. The standard InChI is InChI=1S/C9H9BrO.C4H7NO2S/c1-7-2-4-8(5-3-7)9(11)6-10;1-2-7-4(6)3(5)8/h2-5H,6H2,1H3;2H2,1H3,(H2,5,8). The lowest BCUT2D eigenvalue weighted by molar-refractivity contribution is -0.134. The van der Waals surface area contributed by atoms with Gasteiger partial charge in [-0.05, 0) is 13.8 Å². The maximum absolute atomic E-state index is 11.1. The third kappa shape index (κ3) is 7.69. The van der Waals surface area contributed by atoms with Gasteiger partial charge in [0.05, 0.1) is 11.9 Å². The highest BCUT2D eigenvalue weighted by molar-refractivity contribution is 9.09. The smallest absolute Gasteiger partial charge is 0.365 e. The SMILES string of the molecule is CCOC(=O)C(N)=S.Cc1ccc(C(=O)CBr)cc1. The van der Waals surface area contributed by atoms with E-state index in [0.29, 0.717) is 11.9 Å². The number of rotatable bonds is 3. The Morgan fingerprint density at radius 2 is 1.84 bits per heavy atom. The average Bonchev–Trinajstić information content (AvgIpc) is 2.39. The number of hydrogen-bond acceptors (Lipinski definition) is 4. The molecule has 0 aliphatic carbocycles. The maximum atomic E-state index is 11.1. The minimum Gasteiger partial charge on any atom is -0.461 e. The number of Topliss-reactive ketones (excluding diaryl/α,β-unsaturated/α-hetero) is 1. The van der Waals surface area contributed by atoms with Gasteiger partial charge < -0.3 is 10.5 Å². The third-order valence-corrected chi connectivity index (χ3v) is 2.65. The van der Waals surface area contributed by atoms with Crippen molar-refractivity contribution in [3.05, 3.63) is 35.4 Å². The molecule has 0 bridgehead atoms. The van der Waals surface area contributed by atoms with Gasteiger partial charge in [-0.1, -0.05) is 58.0 Å². The number of thiocarbonyl (C=S) groups is 1. The average molecular weight is 346 g/mol. The zero-order valence-corrected chi connectivity index (χ0v) is 13.2. The van der Waals surface area contributed by atoms with Crippen LogP contribution in [-0.2, 0) is 9.53 Å². The third-order valence-electron chi connectivity index (χ3n) is 1.97. The van der Waals surface area contributed by atoms with Crippen LogP contribution >= 0.6 is 28.1 Å². The monoisotopic (exact) mass is 345 g/mol. The van der Waals surface area contributed by atoms with Gasteiger partial charge in [0.1, 0.15) is 0 Å². The number of ketones is 1. The van der Waals surface area contributed by atoms with Crippen LogP contribution in [0.4, 0.5) is 0 Å². The molecule has 1 aromatic rings. The van der Waals surface area contributed by atoms with Gasteiger partial charge in [-0.25, -0.2) is 4.79 Å². The van der Waals surface area contributed by atoms with Crippen molar-refractivity contribution in [2.75, 3.05) is 11.9 Å². The number of alkyl halides is 1. The van der Waals surface area contributed by atoms with Gasteiger partial charge in [0.15, 0.2) is 10.8 Å². The Bertz CT molecular complexity index is 446. The number of aryl methyl sites for hydroxylation is 1. The van der Waals surface area contributed by atoms with E-state index in [4.69, 9.17) is 5.73 Å². The molecule has 19 heavy (non-hydrogen) atoms. The molecule has 6 heteroatoms. The Hall–Kier alpha value is -1.27. The Labute approximate surface area is 126 Å². The first-order valence-electron chi connectivity index (χ1n) is 5.54. The summed E-state index contributed by atoms with van der Waals surface area (Å²) in [6, 6.07) is 7.57. The van der Waals surface area contributed by atoms with Crippen molar-refractivity contribution >= 4 is 44.9 Å². The second-order valence-electron chi connectivity index (χ2n) is 3.51. The molecule has 0 aliphatic heterocycles. The molecule has 0 unspecified atom stereocenters. The first kappa shape index (κ1) is 17.7. The Balaban J connectivity index is 0.000000362. The van der Waals surface area contributed by atoms with E-state index in [0.717, 1.165) is 5.56 Å². The summed E-state index contributed by atoms with van der Waals surface area (Å²) >= 11 is 7.41. The number of ether oxygens (including phenoxy) is 1. The topological polar surface area (TPSA) is 69.4 Å². The summed E-state index contributed by atoms with van der Waals surface area (Å²) in [7, 11) is 0. The molecule has 0 aliphatic rings. The maximum Gasteiger partial charge on any atom is 0.365 e. The molecule has 0 aromatic heterocycles. The van der Waals surface area contributed by atoms with Gasteiger partial charge in [0.2, 0.25) is 0 Å². The van der Waals surface area contributed by atoms with Crippen LogP contribution in [0.3, 0.4) is 0 Å². The van der Waals surface area contributed by atoms with Crippen LogP contribution in [0.1, 0.15) is 22.8 Å². The van der Waals surface area contributed by atoms with E-state index >= 15 is 0 Å². The van der Waals surface area contributed by atoms with Crippen molar-refractivity contribution in [3.63, 3.8) is 0 Å². The molecule has 104 valence electrons. The number of benzene rings is 1. The van der Waals surface area contributed by atoms with Crippen molar-refractivity contribution in [3.8, 4) is 0 Å². The largest absolute Gasteiger partial charge is 0.461 e. The Kier molecular flexibility index (Phi) is 8.99. The van der Waals surface area contributed by atoms with E-state index in [1.165, 1.54) is 5.56 Å². The van der Waals surface area contributed by atoms with E-state index in [9.17, 15) is 9.59 Å². The second-order valence-corrected chi connectivity index (χ2v) is 4.51. The molecular formula is C13H16BrNO3S. The molecule has 0 amide bonds. The van der Waals surface area contributed by atoms with Crippen molar-refractivity contribution < 1.29 is 14.3 Å². The number of carbonyl (C=O) groups is 2.